The number of esters is 1. The second kappa shape index (κ2) is 9.61. The minimum Gasteiger partial charge on any atom is -0.464 e. The average Bonchev–Trinajstić information content (AvgIpc) is 3.11. The number of hydrogen-bond donors (Lipinski definition) is 2. The number of aromatic nitrogens is 1. The summed E-state index contributed by atoms with van der Waals surface area (Å²) in [7, 11) is 1.84. The minimum absolute atomic E-state index is 0.239. The highest BCUT2D eigenvalue weighted by Crippen LogP contribution is 2.35. The van der Waals surface area contributed by atoms with Gasteiger partial charge in [-0.2, -0.15) is 0 Å². The molecule has 0 saturated carbocycles. The van der Waals surface area contributed by atoms with Crippen LogP contribution in [0.4, 0.5) is 5.69 Å². The molecule has 0 bridgehead atoms. The predicted molar refractivity (Wildman–Crippen MR) is 131 cm³/mol. The van der Waals surface area contributed by atoms with Crippen LogP contribution in [0.25, 0.3) is 22.0 Å². The summed E-state index contributed by atoms with van der Waals surface area (Å²) in [6.07, 6.45) is 0.336. The molecule has 0 spiro atoms. The van der Waals surface area contributed by atoms with Gasteiger partial charge in [0.2, 0.25) is 0 Å². The number of nitrogens with zero attached hydrogens (tertiary/aromatic N) is 1. The number of anilines is 1. The van der Waals surface area contributed by atoms with Crippen molar-refractivity contribution in [2.75, 3.05) is 12.3 Å². The second-order valence-electron chi connectivity index (χ2n) is 7.89. The van der Waals surface area contributed by atoms with Gasteiger partial charge < -0.3 is 20.4 Å². The van der Waals surface area contributed by atoms with Crippen molar-refractivity contribution in [2.24, 2.45) is 7.05 Å². The summed E-state index contributed by atoms with van der Waals surface area (Å²) in [6.45, 7) is 1.99. The maximum Gasteiger partial charge on any atom is 0.328 e. The van der Waals surface area contributed by atoms with E-state index in [1.165, 1.54) is 0 Å². The molecule has 168 valence electrons. The molecular weight excluding hydrogens is 414 g/mol. The Kier molecular flexibility index (Phi) is 6.45. The van der Waals surface area contributed by atoms with Gasteiger partial charge in [-0.05, 0) is 36.2 Å². The van der Waals surface area contributed by atoms with Crippen LogP contribution in [0.1, 0.15) is 23.0 Å². The Balaban J connectivity index is 1.77. The van der Waals surface area contributed by atoms with Crippen LogP contribution >= 0.6 is 0 Å². The fraction of sp³-hybridized carbons (Fsp3) is 0.185. The highest BCUT2D eigenvalue weighted by molar-refractivity contribution is 6.11. The van der Waals surface area contributed by atoms with Gasteiger partial charge in [0, 0.05) is 35.6 Å². The molecule has 0 aliphatic carbocycles. The third-order valence-corrected chi connectivity index (χ3v) is 5.66. The lowest BCUT2D eigenvalue weighted by molar-refractivity contribution is -0.145. The van der Waals surface area contributed by atoms with E-state index in [-0.39, 0.29) is 12.5 Å². The van der Waals surface area contributed by atoms with Crippen LogP contribution in [-0.4, -0.2) is 29.1 Å². The first kappa shape index (κ1) is 22.1. The molecule has 3 aromatic carbocycles. The van der Waals surface area contributed by atoms with Crippen molar-refractivity contribution in [3.05, 3.63) is 90.1 Å². The molecule has 33 heavy (non-hydrogen) atoms. The van der Waals surface area contributed by atoms with Gasteiger partial charge >= 0.3 is 5.97 Å². The van der Waals surface area contributed by atoms with Crippen molar-refractivity contribution in [1.82, 2.24) is 9.88 Å². The van der Waals surface area contributed by atoms with Gasteiger partial charge in [-0.15, -0.1) is 0 Å². The highest BCUT2D eigenvalue weighted by atomic mass is 16.5. The van der Waals surface area contributed by atoms with Crippen LogP contribution in [0, 0.1) is 0 Å². The number of amides is 1. The minimum atomic E-state index is -0.813. The van der Waals surface area contributed by atoms with Crippen LogP contribution in [-0.2, 0) is 23.0 Å². The number of nitrogens with one attached hydrogen (secondary N) is 1. The van der Waals surface area contributed by atoms with Crippen LogP contribution in [0.5, 0.6) is 0 Å². The van der Waals surface area contributed by atoms with Gasteiger partial charge in [0.05, 0.1) is 6.61 Å². The van der Waals surface area contributed by atoms with Gasteiger partial charge in [0.15, 0.2) is 0 Å². The maximum atomic E-state index is 13.7. The normalized spacial score (nSPS) is 11.8. The first-order valence-corrected chi connectivity index (χ1v) is 10.9. The molecule has 0 fully saturated rings. The average molecular weight is 442 g/mol. The molecule has 1 atom stereocenters. The van der Waals surface area contributed by atoms with Crippen molar-refractivity contribution in [3.63, 3.8) is 0 Å². The molecule has 0 unspecified atom stereocenters. The summed E-state index contributed by atoms with van der Waals surface area (Å²) in [4.78, 5) is 26.4. The van der Waals surface area contributed by atoms with Crippen LogP contribution in [0.3, 0.4) is 0 Å². The summed E-state index contributed by atoms with van der Waals surface area (Å²) in [5, 5.41) is 3.81. The highest BCUT2D eigenvalue weighted by Gasteiger charge is 2.28. The second-order valence-corrected chi connectivity index (χ2v) is 7.89. The van der Waals surface area contributed by atoms with Gasteiger partial charge in [0.25, 0.3) is 5.91 Å². The van der Waals surface area contributed by atoms with E-state index in [4.69, 9.17) is 10.5 Å². The number of rotatable bonds is 7. The zero-order valence-corrected chi connectivity index (χ0v) is 18.7. The molecule has 6 nitrogen and oxygen atoms in total. The lowest BCUT2D eigenvalue weighted by Gasteiger charge is -2.18. The maximum absolute atomic E-state index is 13.7. The smallest absolute Gasteiger partial charge is 0.328 e. The standard InChI is InChI=1S/C27H27N3O3/c1-3-33-27(32)22(16-18-10-6-4-7-11-18)29-26(31)25-24(19-12-8-5-9-13-19)21-17-20(28)14-15-23(21)30(25)2/h4-15,17,22H,3,16,28H2,1-2H3,(H,29,31)/t22-/m0/s1. The number of ether oxygens (including phenoxy) is 1. The summed E-state index contributed by atoms with van der Waals surface area (Å²) in [6, 6.07) is 24.1. The summed E-state index contributed by atoms with van der Waals surface area (Å²) < 4.78 is 7.10. The Morgan fingerprint density at radius 1 is 1.00 bits per heavy atom. The molecule has 0 aliphatic heterocycles. The molecule has 1 heterocycles. The molecule has 4 aromatic rings. The van der Waals surface area contributed by atoms with Crippen molar-refractivity contribution in [1.29, 1.82) is 0 Å². The number of hydrogen-bond acceptors (Lipinski definition) is 4. The first-order valence-electron chi connectivity index (χ1n) is 10.9. The first-order chi connectivity index (χ1) is 16.0. The van der Waals surface area contributed by atoms with Gasteiger partial charge in [0.1, 0.15) is 11.7 Å². The number of aryl methyl sites for hydroxylation is 1. The lowest BCUT2D eigenvalue weighted by Crippen LogP contribution is -2.44. The molecule has 1 aromatic heterocycles. The molecule has 3 N–H and O–H groups in total. The molecule has 0 saturated heterocycles. The summed E-state index contributed by atoms with van der Waals surface area (Å²) in [5.74, 6) is -0.806. The molecule has 4 rings (SSSR count). The number of carbonyl (C=O) groups is 2. The molecule has 0 aliphatic rings. The molecular formula is C27H27N3O3. The monoisotopic (exact) mass is 441 g/mol. The topological polar surface area (TPSA) is 86.3 Å². The lowest BCUT2D eigenvalue weighted by atomic mass is 10.0. The van der Waals surface area contributed by atoms with Crippen molar-refractivity contribution in [2.45, 2.75) is 19.4 Å². The fourth-order valence-electron chi connectivity index (χ4n) is 4.14. The Bertz CT molecular complexity index is 1280. The Morgan fingerprint density at radius 3 is 2.33 bits per heavy atom. The number of fused-ring (bicyclic) bond motifs is 1. The molecule has 6 heteroatoms. The molecule has 0 radical (unpaired) electrons. The number of nitrogen functional groups attached to an aromatic ring is 1. The van der Waals surface area contributed by atoms with E-state index in [9.17, 15) is 9.59 Å². The van der Waals surface area contributed by atoms with E-state index >= 15 is 0 Å². The van der Waals surface area contributed by atoms with Crippen molar-refractivity contribution in [3.8, 4) is 11.1 Å². The SMILES string of the molecule is CCOC(=O)[C@H](Cc1ccccc1)NC(=O)c1c(-c2ccccc2)c2cc(N)ccc2n1C. The summed E-state index contributed by atoms with van der Waals surface area (Å²) >= 11 is 0. The van der Waals surface area contributed by atoms with Crippen molar-refractivity contribution < 1.29 is 14.3 Å². The van der Waals surface area contributed by atoms with Crippen molar-refractivity contribution >= 4 is 28.5 Å². The van der Waals surface area contributed by atoms with Crippen LogP contribution in [0.15, 0.2) is 78.9 Å². The van der Waals surface area contributed by atoms with E-state index < -0.39 is 12.0 Å². The third-order valence-electron chi connectivity index (χ3n) is 5.66. The Hall–Kier alpha value is -4.06. The number of nitrogens with two attached hydrogens (primary N) is 1. The zero-order chi connectivity index (χ0) is 23.4. The largest absolute Gasteiger partial charge is 0.464 e. The van der Waals surface area contributed by atoms with E-state index in [1.54, 1.807) is 6.92 Å². The van der Waals surface area contributed by atoms with E-state index in [0.29, 0.717) is 17.8 Å². The van der Waals surface area contributed by atoms with E-state index in [1.807, 2.05) is 90.5 Å². The van der Waals surface area contributed by atoms with E-state index in [2.05, 4.69) is 5.32 Å². The van der Waals surface area contributed by atoms with Gasteiger partial charge in [-0.1, -0.05) is 60.7 Å². The predicted octanol–water partition coefficient (Wildman–Crippen LogP) is 4.33. The number of carbonyl (C=O) groups excluding carboxylic acids is 2. The van der Waals surface area contributed by atoms with E-state index in [0.717, 1.165) is 27.6 Å². The van der Waals surface area contributed by atoms with Crippen LogP contribution < -0.4 is 11.1 Å². The summed E-state index contributed by atoms with van der Waals surface area (Å²) in [5.41, 5.74) is 10.6. The fourth-order valence-corrected chi connectivity index (χ4v) is 4.14. The Morgan fingerprint density at radius 2 is 1.67 bits per heavy atom. The number of benzene rings is 3. The van der Waals surface area contributed by atoms with Gasteiger partial charge in [-0.3, -0.25) is 4.79 Å². The quantitative estimate of drug-likeness (QED) is 0.330. The third kappa shape index (κ3) is 4.60. The van der Waals surface area contributed by atoms with Gasteiger partial charge in [-0.25, -0.2) is 4.79 Å². The molecule has 1 amide bonds. The van der Waals surface area contributed by atoms with Crippen LogP contribution in [0.2, 0.25) is 0 Å². The zero-order valence-electron chi connectivity index (χ0n) is 18.7. The Labute approximate surface area is 193 Å².